The van der Waals surface area contributed by atoms with Crippen LogP contribution >= 0.6 is 0 Å². The van der Waals surface area contributed by atoms with Gasteiger partial charge in [0.15, 0.2) is 0 Å². The molecule has 0 radical (unpaired) electrons. The Hall–Kier alpha value is -3.42. The molecule has 4 heterocycles. The standard InChI is InChI=1S/C19H18N6O2/c26-18(27)12-3-4-16-13(8-12)9-14(23-16)10-15-2-1-7-24(15)17-5-6-20-19-21-11-22-25(17)19/h3-6,8-9,11,15,23H,1-2,7,10H2,(H,26,27). The Morgan fingerprint density at radius 2 is 2.19 bits per heavy atom. The van der Waals surface area contributed by atoms with E-state index in [0.29, 0.717) is 17.4 Å². The molecule has 0 saturated carbocycles. The molecule has 0 amide bonds. The summed E-state index contributed by atoms with van der Waals surface area (Å²) in [6, 6.07) is 9.54. The van der Waals surface area contributed by atoms with Crippen molar-refractivity contribution in [2.45, 2.75) is 25.3 Å². The third kappa shape index (κ3) is 2.69. The molecule has 3 aromatic heterocycles. The summed E-state index contributed by atoms with van der Waals surface area (Å²) in [7, 11) is 0. The molecule has 0 spiro atoms. The van der Waals surface area contributed by atoms with Crippen molar-refractivity contribution in [2.75, 3.05) is 11.4 Å². The summed E-state index contributed by atoms with van der Waals surface area (Å²) in [4.78, 5) is 25.4. The highest BCUT2D eigenvalue weighted by Crippen LogP contribution is 2.28. The Labute approximate surface area is 154 Å². The first-order valence-electron chi connectivity index (χ1n) is 8.95. The van der Waals surface area contributed by atoms with Crippen molar-refractivity contribution < 1.29 is 9.90 Å². The van der Waals surface area contributed by atoms with Gasteiger partial charge in [-0.25, -0.2) is 9.78 Å². The van der Waals surface area contributed by atoms with Crippen molar-refractivity contribution in [3.63, 3.8) is 0 Å². The highest BCUT2D eigenvalue weighted by atomic mass is 16.4. The van der Waals surface area contributed by atoms with E-state index in [1.54, 1.807) is 22.8 Å². The van der Waals surface area contributed by atoms with Crippen LogP contribution in [0.2, 0.25) is 0 Å². The Balaban J connectivity index is 1.45. The zero-order chi connectivity index (χ0) is 18.4. The van der Waals surface area contributed by atoms with E-state index in [-0.39, 0.29) is 0 Å². The predicted octanol–water partition coefficient (Wildman–Crippen LogP) is 2.52. The van der Waals surface area contributed by atoms with Gasteiger partial charge in [0.2, 0.25) is 0 Å². The van der Waals surface area contributed by atoms with Crippen LogP contribution in [0.5, 0.6) is 0 Å². The van der Waals surface area contributed by atoms with E-state index in [9.17, 15) is 9.90 Å². The Morgan fingerprint density at radius 1 is 1.26 bits per heavy atom. The lowest BCUT2D eigenvalue weighted by Gasteiger charge is -2.26. The normalized spacial score (nSPS) is 17.2. The van der Waals surface area contributed by atoms with E-state index in [1.165, 1.54) is 6.33 Å². The third-order valence-corrected chi connectivity index (χ3v) is 5.21. The van der Waals surface area contributed by atoms with Crippen LogP contribution in [-0.2, 0) is 6.42 Å². The first kappa shape index (κ1) is 15.8. The minimum atomic E-state index is -0.906. The number of nitrogens with zero attached hydrogens (tertiary/aromatic N) is 5. The number of hydrogen-bond donors (Lipinski definition) is 2. The smallest absolute Gasteiger partial charge is 0.335 e. The monoisotopic (exact) mass is 362 g/mol. The van der Waals surface area contributed by atoms with E-state index in [0.717, 1.165) is 48.2 Å². The van der Waals surface area contributed by atoms with Crippen LogP contribution in [0.4, 0.5) is 5.82 Å². The fourth-order valence-electron chi connectivity index (χ4n) is 3.98. The number of hydrogen-bond acceptors (Lipinski definition) is 5. The van der Waals surface area contributed by atoms with Gasteiger partial charge in [-0.1, -0.05) is 0 Å². The first-order chi connectivity index (χ1) is 13.2. The topological polar surface area (TPSA) is 99.4 Å². The Bertz CT molecular complexity index is 1150. The molecule has 27 heavy (non-hydrogen) atoms. The van der Waals surface area contributed by atoms with E-state index in [2.05, 4.69) is 31.0 Å². The molecule has 1 fully saturated rings. The number of H-pyrrole nitrogens is 1. The lowest BCUT2D eigenvalue weighted by Crippen LogP contribution is -2.32. The van der Waals surface area contributed by atoms with E-state index in [4.69, 9.17) is 0 Å². The number of aromatic carboxylic acids is 1. The second-order valence-corrected chi connectivity index (χ2v) is 6.87. The number of carboxylic acids is 1. The molecule has 136 valence electrons. The average molecular weight is 362 g/mol. The average Bonchev–Trinajstić information content (AvgIpc) is 3.39. The van der Waals surface area contributed by atoms with Crippen molar-refractivity contribution in [2.24, 2.45) is 0 Å². The largest absolute Gasteiger partial charge is 0.478 e. The number of nitrogens with one attached hydrogen (secondary N) is 1. The molecule has 1 aliphatic heterocycles. The maximum Gasteiger partial charge on any atom is 0.335 e. The molecule has 4 aromatic rings. The van der Waals surface area contributed by atoms with Crippen LogP contribution in [0.25, 0.3) is 16.7 Å². The molecule has 1 saturated heterocycles. The number of aromatic amines is 1. The fraction of sp³-hybridized carbons (Fsp3) is 0.263. The SMILES string of the molecule is O=C(O)c1ccc2[nH]c(CC3CCCN3c3ccnc4ncnn34)cc2c1. The van der Waals surface area contributed by atoms with Gasteiger partial charge in [-0.2, -0.15) is 14.6 Å². The molecule has 5 rings (SSSR count). The summed E-state index contributed by atoms with van der Waals surface area (Å²) in [5.74, 6) is 0.699. The molecule has 1 unspecified atom stereocenters. The van der Waals surface area contributed by atoms with Crippen LogP contribution in [-0.4, -0.2) is 48.2 Å². The van der Waals surface area contributed by atoms with Crippen molar-refractivity contribution in [3.05, 3.63) is 54.1 Å². The van der Waals surface area contributed by atoms with Gasteiger partial charge < -0.3 is 15.0 Å². The van der Waals surface area contributed by atoms with Gasteiger partial charge >= 0.3 is 5.97 Å². The quantitative estimate of drug-likeness (QED) is 0.579. The fourth-order valence-corrected chi connectivity index (χ4v) is 3.98. The second-order valence-electron chi connectivity index (χ2n) is 6.87. The van der Waals surface area contributed by atoms with Crippen molar-refractivity contribution in [1.82, 2.24) is 24.6 Å². The molecule has 8 heteroatoms. The summed E-state index contributed by atoms with van der Waals surface area (Å²) >= 11 is 0. The van der Waals surface area contributed by atoms with Gasteiger partial charge in [0.05, 0.1) is 5.56 Å². The van der Waals surface area contributed by atoms with Crippen LogP contribution in [0, 0.1) is 0 Å². The highest BCUT2D eigenvalue weighted by Gasteiger charge is 2.27. The predicted molar refractivity (Wildman–Crippen MR) is 100 cm³/mol. The lowest BCUT2D eigenvalue weighted by atomic mass is 10.1. The Morgan fingerprint density at radius 3 is 3.07 bits per heavy atom. The summed E-state index contributed by atoms with van der Waals surface area (Å²) in [6.45, 7) is 0.965. The molecule has 1 aromatic carbocycles. The van der Waals surface area contributed by atoms with Gasteiger partial charge in [0, 0.05) is 41.8 Å². The van der Waals surface area contributed by atoms with Crippen LogP contribution in [0.3, 0.4) is 0 Å². The number of rotatable bonds is 4. The molecule has 0 aliphatic carbocycles. The van der Waals surface area contributed by atoms with Crippen molar-refractivity contribution >= 4 is 28.5 Å². The number of benzene rings is 1. The zero-order valence-electron chi connectivity index (χ0n) is 14.5. The maximum absolute atomic E-state index is 11.2. The first-order valence-corrected chi connectivity index (χ1v) is 8.95. The number of carbonyl (C=O) groups is 1. The Kier molecular flexibility index (Phi) is 3.56. The van der Waals surface area contributed by atoms with Gasteiger partial charge in [0.1, 0.15) is 12.1 Å². The van der Waals surface area contributed by atoms with Crippen LogP contribution < -0.4 is 4.90 Å². The lowest BCUT2D eigenvalue weighted by molar-refractivity contribution is 0.0697. The van der Waals surface area contributed by atoms with Gasteiger partial charge in [-0.05, 0) is 43.2 Å². The highest BCUT2D eigenvalue weighted by molar-refractivity contribution is 5.93. The zero-order valence-corrected chi connectivity index (χ0v) is 14.5. The molecule has 1 aliphatic rings. The minimum Gasteiger partial charge on any atom is -0.478 e. The molecule has 1 atom stereocenters. The molecular weight excluding hydrogens is 344 g/mol. The number of anilines is 1. The van der Waals surface area contributed by atoms with E-state index < -0.39 is 5.97 Å². The third-order valence-electron chi connectivity index (χ3n) is 5.21. The number of carboxylic acid groups (broad SMARTS) is 1. The molecule has 0 bridgehead atoms. The summed E-state index contributed by atoms with van der Waals surface area (Å²) in [6.07, 6.45) is 6.36. The van der Waals surface area contributed by atoms with Gasteiger partial charge in [-0.15, -0.1) is 0 Å². The number of fused-ring (bicyclic) bond motifs is 2. The molecular formula is C19H18N6O2. The second kappa shape index (κ2) is 6.08. The summed E-state index contributed by atoms with van der Waals surface area (Å²) < 4.78 is 1.78. The van der Waals surface area contributed by atoms with Crippen molar-refractivity contribution in [3.8, 4) is 0 Å². The van der Waals surface area contributed by atoms with Crippen molar-refractivity contribution in [1.29, 1.82) is 0 Å². The summed E-state index contributed by atoms with van der Waals surface area (Å²) in [5, 5.41) is 14.4. The minimum absolute atomic E-state index is 0.306. The van der Waals surface area contributed by atoms with Crippen LogP contribution in [0.15, 0.2) is 42.9 Å². The van der Waals surface area contributed by atoms with Gasteiger partial charge in [-0.3, -0.25) is 0 Å². The van der Waals surface area contributed by atoms with E-state index >= 15 is 0 Å². The van der Waals surface area contributed by atoms with E-state index in [1.807, 2.05) is 12.1 Å². The van der Waals surface area contributed by atoms with Gasteiger partial charge in [0.25, 0.3) is 5.78 Å². The van der Waals surface area contributed by atoms with Crippen LogP contribution in [0.1, 0.15) is 28.9 Å². The molecule has 2 N–H and O–H groups in total. The summed E-state index contributed by atoms with van der Waals surface area (Å²) in [5.41, 5.74) is 2.37. The maximum atomic E-state index is 11.2. The number of aromatic nitrogens is 5. The molecule has 8 nitrogen and oxygen atoms in total.